The molecule has 0 unspecified atom stereocenters. The maximum absolute atomic E-state index is 2.61. The first kappa shape index (κ1) is 18.3. The molecular weight excluding hydrogens is 422 g/mol. The summed E-state index contributed by atoms with van der Waals surface area (Å²) in [4.78, 5) is 2.61. The van der Waals surface area contributed by atoms with Gasteiger partial charge in [0.2, 0.25) is 0 Å². The molecule has 0 amide bonds. The molecule has 2 heterocycles. The predicted octanol–water partition coefficient (Wildman–Crippen LogP) is 8.11. The zero-order valence-corrected chi connectivity index (χ0v) is 19.4. The number of hydrogen-bond donors (Lipinski definition) is 0. The van der Waals surface area contributed by atoms with Crippen LogP contribution in [0.25, 0.3) is 22.3 Å². The first-order chi connectivity index (χ1) is 17.3. The summed E-state index contributed by atoms with van der Waals surface area (Å²) in [5.74, 6) is 0. The maximum atomic E-state index is 2.61. The van der Waals surface area contributed by atoms with Crippen LogP contribution in [0, 0.1) is 0 Å². The summed E-state index contributed by atoms with van der Waals surface area (Å²) >= 11 is 0. The van der Waals surface area contributed by atoms with Gasteiger partial charge in [-0.05, 0) is 104 Å². The lowest BCUT2D eigenvalue weighted by Crippen LogP contribution is -2.25. The molecule has 0 saturated carbocycles. The van der Waals surface area contributed by atoms with Crippen LogP contribution in [0.3, 0.4) is 0 Å². The number of anilines is 3. The molecule has 0 spiro atoms. The third-order valence-corrected chi connectivity index (χ3v) is 8.71. The highest BCUT2D eigenvalue weighted by Crippen LogP contribution is 2.55. The smallest absolute Gasteiger partial charge is 0.0535 e. The van der Waals surface area contributed by atoms with Gasteiger partial charge in [-0.25, -0.2) is 0 Å². The molecule has 2 aliphatic heterocycles. The highest BCUT2D eigenvalue weighted by atomic mass is 15.2. The highest BCUT2D eigenvalue weighted by molar-refractivity contribution is 5.95. The van der Waals surface area contributed by atoms with Crippen LogP contribution in [0.2, 0.25) is 0 Å². The van der Waals surface area contributed by atoms with Gasteiger partial charge in [0.25, 0.3) is 0 Å². The van der Waals surface area contributed by atoms with Crippen LogP contribution in [-0.2, 0) is 25.7 Å². The van der Waals surface area contributed by atoms with Crippen molar-refractivity contribution in [3.63, 3.8) is 0 Å². The van der Waals surface area contributed by atoms with E-state index in [9.17, 15) is 0 Å². The molecule has 0 fully saturated rings. The van der Waals surface area contributed by atoms with Gasteiger partial charge >= 0.3 is 0 Å². The number of rotatable bonds is 0. The molecule has 5 aromatic carbocycles. The van der Waals surface area contributed by atoms with E-state index < -0.39 is 0 Å². The summed E-state index contributed by atoms with van der Waals surface area (Å²) in [6, 6.07) is 34.5. The number of hydrogen-bond acceptors (Lipinski definition) is 1. The van der Waals surface area contributed by atoms with Crippen LogP contribution < -0.4 is 4.90 Å². The first-order valence-corrected chi connectivity index (χ1v) is 12.7. The minimum absolute atomic E-state index is 1.01. The van der Waals surface area contributed by atoms with Gasteiger partial charge in [0.1, 0.15) is 0 Å². The van der Waals surface area contributed by atoms with Crippen molar-refractivity contribution in [1.29, 1.82) is 0 Å². The Kier molecular flexibility index (Phi) is 3.29. The van der Waals surface area contributed by atoms with E-state index in [1.807, 2.05) is 0 Å². The summed E-state index contributed by atoms with van der Waals surface area (Å²) in [5.41, 5.74) is 21.8. The van der Waals surface area contributed by atoms with Crippen LogP contribution in [0.4, 0.5) is 17.1 Å². The van der Waals surface area contributed by atoms with Crippen molar-refractivity contribution in [2.24, 2.45) is 0 Å². The molecule has 1 nitrogen and oxygen atoms in total. The standard InChI is InChI=1S/C34H23N/c1-4-10-26-20(7-1)13-23-19-33-24(16-28(23)26)17-31-30-15-21-8-2-5-11-27(21)29(30)18-25-14-22-9-3-6-12-32(22)35(33)34(25)31/h1-12,16,18-19H,13-15,17H2. The van der Waals surface area contributed by atoms with E-state index in [1.165, 1.54) is 72.7 Å². The zero-order valence-electron chi connectivity index (χ0n) is 19.4. The fraction of sp³-hybridized carbons (Fsp3) is 0.118. The van der Waals surface area contributed by atoms with Gasteiger partial charge in [0, 0.05) is 18.5 Å². The van der Waals surface area contributed by atoms with E-state index in [0.29, 0.717) is 0 Å². The molecule has 0 N–H and O–H groups in total. The molecule has 0 radical (unpaired) electrons. The zero-order chi connectivity index (χ0) is 22.7. The lowest BCUT2D eigenvalue weighted by Gasteiger charge is -2.40. The van der Waals surface area contributed by atoms with Gasteiger partial charge in [-0.2, -0.15) is 0 Å². The molecule has 0 saturated heterocycles. The average Bonchev–Trinajstić information content (AvgIpc) is 3.45. The lowest BCUT2D eigenvalue weighted by atomic mass is 9.81. The summed E-state index contributed by atoms with van der Waals surface area (Å²) < 4.78 is 0. The van der Waals surface area contributed by atoms with Crippen molar-refractivity contribution in [2.75, 3.05) is 4.90 Å². The van der Waals surface area contributed by atoms with E-state index >= 15 is 0 Å². The summed E-state index contributed by atoms with van der Waals surface area (Å²) in [6.07, 6.45) is 4.11. The monoisotopic (exact) mass is 445 g/mol. The summed E-state index contributed by atoms with van der Waals surface area (Å²) in [6.45, 7) is 0. The van der Waals surface area contributed by atoms with Gasteiger partial charge < -0.3 is 4.90 Å². The Balaban J connectivity index is 1.34. The van der Waals surface area contributed by atoms with Crippen LogP contribution in [0.5, 0.6) is 0 Å². The average molecular weight is 446 g/mol. The molecule has 0 aromatic heterocycles. The van der Waals surface area contributed by atoms with Crippen molar-refractivity contribution in [2.45, 2.75) is 25.7 Å². The van der Waals surface area contributed by atoms with Crippen molar-refractivity contribution in [3.05, 3.63) is 136 Å². The predicted molar refractivity (Wildman–Crippen MR) is 143 cm³/mol. The topological polar surface area (TPSA) is 3.24 Å². The highest BCUT2D eigenvalue weighted by Gasteiger charge is 2.36. The third-order valence-electron chi connectivity index (χ3n) is 8.71. The minimum atomic E-state index is 1.01. The molecule has 5 aromatic rings. The molecule has 2 aliphatic carbocycles. The van der Waals surface area contributed by atoms with Crippen molar-refractivity contribution >= 4 is 17.1 Å². The second-order valence-electron chi connectivity index (χ2n) is 10.5. The molecule has 35 heavy (non-hydrogen) atoms. The van der Waals surface area contributed by atoms with Gasteiger partial charge in [0.05, 0.1) is 11.4 Å². The Labute approximate surface area is 205 Å². The first-order valence-electron chi connectivity index (χ1n) is 12.7. The van der Waals surface area contributed by atoms with Gasteiger partial charge in [-0.3, -0.25) is 0 Å². The molecule has 0 atom stereocenters. The van der Waals surface area contributed by atoms with E-state index in [0.717, 1.165) is 25.7 Å². The van der Waals surface area contributed by atoms with Gasteiger partial charge in [-0.15, -0.1) is 0 Å². The Morgan fingerprint density at radius 3 is 1.89 bits per heavy atom. The molecule has 4 aliphatic rings. The fourth-order valence-corrected chi connectivity index (χ4v) is 7.21. The Hall–Kier alpha value is -4.10. The van der Waals surface area contributed by atoms with Crippen LogP contribution in [0.1, 0.15) is 44.5 Å². The molecule has 9 rings (SSSR count). The van der Waals surface area contributed by atoms with Crippen LogP contribution >= 0.6 is 0 Å². The SMILES string of the molecule is c1ccc2c(c1)Cc1cc3c(cc1-2)Cc1c2c(cc4c1N3c1ccccc1C4)-c1ccccc1C2. The minimum Gasteiger partial charge on any atom is -0.309 e. The second-order valence-corrected chi connectivity index (χ2v) is 10.5. The third kappa shape index (κ3) is 2.29. The number of fused-ring (bicyclic) bond motifs is 11. The number of para-hydroxylation sites is 1. The molecule has 0 bridgehead atoms. The van der Waals surface area contributed by atoms with E-state index in [4.69, 9.17) is 0 Å². The van der Waals surface area contributed by atoms with E-state index in [2.05, 4.69) is 95.9 Å². The van der Waals surface area contributed by atoms with Crippen molar-refractivity contribution < 1.29 is 0 Å². The van der Waals surface area contributed by atoms with E-state index in [-0.39, 0.29) is 0 Å². The number of benzene rings is 5. The van der Waals surface area contributed by atoms with Gasteiger partial charge in [-0.1, -0.05) is 66.7 Å². The lowest BCUT2D eigenvalue weighted by molar-refractivity contribution is 0.992. The maximum Gasteiger partial charge on any atom is 0.0535 e. The van der Waals surface area contributed by atoms with Crippen LogP contribution in [0.15, 0.2) is 91.0 Å². The summed E-state index contributed by atoms with van der Waals surface area (Å²) in [7, 11) is 0. The van der Waals surface area contributed by atoms with Crippen molar-refractivity contribution in [3.8, 4) is 22.3 Å². The quantitative estimate of drug-likeness (QED) is 0.228. The molecular formula is C34H23N. The number of nitrogens with zero attached hydrogens (tertiary/aromatic N) is 1. The van der Waals surface area contributed by atoms with Crippen molar-refractivity contribution in [1.82, 2.24) is 0 Å². The van der Waals surface area contributed by atoms with E-state index in [1.54, 1.807) is 11.1 Å². The van der Waals surface area contributed by atoms with Crippen LogP contribution in [-0.4, -0.2) is 0 Å². The molecule has 1 heteroatoms. The Morgan fingerprint density at radius 2 is 1.03 bits per heavy atom. The second kappa shape index (κ2) is 6.31. The Bertz CT molecular complexity index is 1760. The normalized spacial score (nSPS) is 14.9. The largest absolute Gasteiger partial charge is 0.309 e. The summed E-state index contributed by atoms with van der Waals surface area (Å²) in [5, 5.41) is 0. The fourth-order valence-electron chi connectivity index (χ4n) is 7.21. The van der Waals surface area contributed by atoms with Gasteiger partial charge in [0.15, 0.2) is 0 Å². The Morgan fingerprint density at radius 1 is 0.400 bits per heavy atom. The molecule has 164 valence electrons.